The maximum atomic E-state index is 12.7. The average molecular weight is 451 g/mol. The second-order valence-electron chi connectivity index (χ2n) is 8.89. The summed E-state index contributed by atoms with van der Waals surface area (Å²) >= 11 is 0. The van der Waals surface area contributed by atoms with E-state index in [0.717, 1.165) is 35.1 Å². The van der Waals surface area contributed by atoms with Crippen LogP contribution in [0.3, 0.4) is 0 Å². The highest BCUT2D eigenvalue weighted by atomic mass is 16.5. The minimum absolute atomic E-state index is 0.0329. The summed E-state index contributed by atoms with van der Waals surface area (Å²) in [6, 6.07) is 15.9. The Morgan fingerprint density at radius 3 is 2.21 bits per heavy atom. The lowest BCUT2D eigenvalue weighted by atomic mass is 9.98. The van der Waals surface area contributed by atoms with Gasteiger partial charge >= 0.3 is 12.1 Å². The zero-order valence-electron chi connectivity index (χ0n) is 18.8. The van der Waals surface area contributed by atoms with Crippen molar-refractivity contribution in [1.82, 2.24) is 10.2 Å². The Kier molecular flexibility index (Phi) is 6.96. The summed E-state index contributed by atoms with van der Waals surface area (Å²) in [6.07, 6.45) is 2.08. The van der Waals surface area contributed by atoms with E-state index in [0.29, 0.717) is 18.9 Å². The standard InChI is InChI=1S/C26H30N2O5/c1-2-18(13-24(29)28(15-25(30)31)14-17-11-12-17)27-26(32)33-16-23-21-9-5-3-7-19(21)20-8-4-6-10-22(20)23/h3-10,17-18,23H,2,11-16H2,1H3,(H,27,32)(H,30,31). The van der Waals surface area contributed by atoms with Crippen molar-refractivity contribution < 1.29 is 24.2 Å². The third kappa shape index (κ3) is 5.53. The molecule has 7 heteroatoms. The van der Waals surface area contributed by atoms with Gasteiger partial charge in [0.25, 0.3) is 0 Å². The molecule has 174 valence electrons. The molecule has 2 aromatic carbocycles. The molecule has 1 fully saturated rings. The van der Waals surface area contributed by atoms with Crippen molar-refractivity contribution >= 4 is 18.0 Å². The molecule has 0 spiro atoms. The number of aliphatic carboxylic acids is 1. The fourth-order valence-corrected chi connectivity index (χ4v) is 4.47. The van der Waals surface area contributed by atoms with E-state index in [1.807, 2.05) is 31.2 Å². The first kappa shape index (κ1) is 22.8. The van der Waals surface area contributed by atoms with Gasteiger partial charge in [0.05, 0.1) is 0 Å². The van der Waals surface area contributed by atoms with Crippen LogP contribution in [0.5, 0.6) is 0 Å². The number of ether oxygens (including phenoxy) is 1. The van der Waals surface area contributed by atoms with Crippen molar-refractivity contribution in [1.29, 1.82) is 0 Å². The number of carbonyl (C=O) groups excluding carboxylic acids is 2. The summed E-state index contributed by atoms with van der Waals surface area (Å²) in [5.74, 6) is -0.922. The molecule has 1 unspecified atom stereocenters. The molecule has 2 aromatic rings. The molecule has 0 aliphatic heterocycles. The average Bonchev–Trinajstić information content (AvgIpc) is 3.57. The van der Waals surface area contributed by atoms with Crippen molar-refractivity contribution in [2.24, 2.45) is 5.92 Å². The Bertz CT molecular complexity index is 987. The number of amides is 2. The number of carboxylic acids is 1. The van der Waals surface area contributed by atoms with Gasteiger partial charge in [0.15, 0.2) is 0 Å². The van der Waals surface area contributed by atoms with E-state index in [1.165, 1.54) is 4.90 Å². The SMILES string of the molecule is CCC(CC(=O)N(CC(=O)O)CC1CC1)NC(=O)OCC1c2ccccc2-c2ccccc21. The maximum Gasteiger partial charge on any atom is 0.407 e. The maximum absolute atomic E-state index is 12.7. The molecule has 2 N–H and O–H groups in total. The van der Waals surface area contributed by atoms with E-state index < -0.39 is 18.1 Å². The van der Waals surface area contributed by atoms with Crippen LogP contribution in [0.2, 0.25) is 0 Å². The Morgan fingerprint density at radius 2 is 1.67 bits per heavy atom. The normalized spacial score (nSPS) is 15.3. The molecule has 33 heavy (non-hydrogen) atoms. The summed E-state index contributed by atoms with van der Waals surface area (Å²) in [5, 5.41) is 11.9. The number of hydrogen-bond acceptors (Lipinski definition) is 4. The third-order valence-corrected chi connectivity index (χ3v) is 6.43. The monoisotopic (exact) mass is 450 g/mol. The van der Waals surface area contributed by atoms with Crippen LogP contribution in [-0.4, -0.2) is 53.7 Å². The molecule has 2 aliphatic rings. The number of hydrogen-bond donors (Lipinski definition) is 2. The van der Waals surface area contributed by atoms with Crippen molar-refractivity contribution in [2.75, 3.05) is 19.7 Å². The lowest BCUT2D eigenvalue weighted by Crippen LogP contribution is -2.43. The predicted molar refractivity (Wildman–Crippen MR) is 124 cm³/mol. The van der Waals surface area contributed by atoms with E-state index in [4.69, 9.17) is 9.84 Å². The predicted octanol–water partition coefficient (Wildman–Crippen LogP) is 4.02. The molecular formula is C26H30N2O5. The molecule has 0 saturated heterocycles. The summed E-state index contributed by atoms with van der Waals surface area (Å²) in [5.41, 5.74) is 4.60. The first-order valence-electron chi connectivity index (χ1n) is 11.6. The van der Waals surface area contributed by atoms with Gasteiger partial charge in [0.2, 0.25) is 5.91 Å². The van der Waals surface area contributed by atoms with Gasteiger partial charge in [0.1, 0.15) is 13.2 Å². The van der Waals surface area contributed by atoms with Gasteiger partial charge < -0.3 is 20.1 Å². The first-order chi connectivity index (χ1) is 16.0. The molecule has 0 heterocycles. The molecule has 7 nitrogen and oxygen atoms in total. The zero-order valence-corrected chi connectivity index (χ0v) is 18.8. The summed E-state index contributed by atoms with van der Waals surface area (Å²) in [7, 11) is 0. The highest BCUT2D eigenvalue weighted by Gasteiger charge is 2.31. The number of nitrogens with zero attached hydrogens (tertiary/aromatic N) is 1. The molecule has 1 saturated carbocycles. The minimum atomic E-state index is -1.03. The second kappa shape index (κ2) is 10.1. The fourth-order valence-electron chi connectivity index (χ4n) is 4.47. The topological polar surface area (TPSA) is 95.9 Å². The van der Waals surface area contributed by atoms with Gasteiger partial charge in [-0.25, -0.2) is 4.79 Å². The molecule has 0 radical (unpaired) electrons. The first-order valence-corrected chi connectivity index (χ1v) is 11.6. The van der Waals surface area contributed by atoms with E-state index in [9.17, 15) is 14.4 Å². The van der Waals surface area contributed by atoms with Gasteiger partial charge in [0, 0.05) is 24.9 Å². The van der Waals surface area contributed by atoms with Crippen molar-refractivity contribution in [2.45, 2.75) is 44.6 Å². The Balaban J connectivity index is 1.34. The van der Waals surface area contributed by atoms with Crippen molar-refractivity contribution in [3.8, 4) is 11.1 Å². The van der Waals surface area contributed by atoms with Crippen LogP contribution >= 0.6 is 0 Å². The summed E-state index contributed by atoms with van der Waals surface area (Å²) in [4.78, 5) is 37.8. The summed E-state index contributed by atoms with van der Waals surface area (Å²) < 4.78 is 5.58. The number of carbonyl (C=O) groups is 3. The molecule has 0 bridgehead atoms. The molecule has 4 rings (SSSR count). The highest BCUT2D eigenvalue weighted by molar-refractivity contribution is 5.82. The third-order valence-electron chi connectivity index (χ3n) is 6.43. The number of benzene rings is 2. The van der Waals surface area contributed by atoms with Crippen LogP contribution in [0.1, 0.15) is 49.7 Å². The molecule has 1 atom stereocenters. The van der Waals surface area contributed by atoms with Crippen LogP contribution in [0.25, 0.3) is 11.1 Å². The highest BCUT2D eigenvalue weighted by Crippen LogP contribution is 2.44. The minimum Gasteiger partial charge on any atom is -0.480 e. The smallest absolute Gasteiger partial charge is 0.407 e. The van der Waals surface area contributed by atoms with Gasteiger partial charge in [-0.2, -0.15) is 0 Å². The van der Waals surface area contributed by atoms with Crippen LogP contribution < -0.4 is 5.32 Å². The lowest BCUT2D eigenvalue weighted by Gasteiger charge is -2.24. The van der Waals surface area contributed by atoms with Crippen LogP contribution in [0.4, 0.5) is 4.79 Å². The van der Waals surface area contributed by atoms with Crippen LogP contribution in [-0.2, 0) is 14.3 Å². The van der Waals surface area contributed by atoms with Crippen LogP contribution in [0.15, 0.2) is 48.5 Å². The molecule has 0 aromatic heterocycles. The number of rotatable bonds is 10. The van der Waals surface area contributed by atoms with Gasteiger partial charge in [-0.05, 0) is 47.4 Å². The second-order valence-corrected chi connectivity index (χ2v) is 8.89. The summed E-state index contributed by atoms with van der Waals surface area (Å²) in [6.45, 7) is 2.24. The largest absolute Gasteiger partial charge is 0.480 e. The van der Waals surface area contributed by atoms with Crippen molar-refractivity contribution in [3.63, 3.8) is 0 Å². The molecule has 2 amide bonds. The van der Waals surface area contributed by atoms with Gasteiger partial charge in [-0.1, -0.05) is 55.5 Å². The zero-order chi connectivity index (χ0) is 23.4. The lowest BCUT2D eigenvalue weighted by molar-refractivity contribution is -0.144. The molecular weight excluding hydrogens is 420 g/mol. The number of alkyl carbamates (subject to hydrolysis) is 1. The number of fused-ring (bicyclic) bond motifs is 3. The van der Waals surface area contributed by atoms with E-state index in [1.54, 1.807) is 0 Å². The number of nitrogens with one attached hydrogen (secondary N) is 1. The Labute approximate surface area is 193 Å². The van der Waals surface area contributed by atoms with E-state index >= 15 is 0 Å². The molecule has 2 aliphatic carbocycles. The fraction of sp³-hybridized carbons (Fsp3) is 0.423. The van der Waals surface area contributed by atoms with Gasteiger partial charge in [-0.3, -0.25) is 9.59 Å². The van der Waals surface area contributed by atoms with E-state index in [-0.39, 0.29) is 31.4 Å². The Morgan fingerprint density at radius 1 is 1.06 bits per heavy atom. The van der Waals surface area contributed by atoms with Crippen LogP contribution in [0, 0.1) is 5.92 Å². The van der Waals surface area contributed by atoms with Crippen molar-refractivity contribution in [3.05, 3.63) is 59.7 Å². The quantitative estimate of drug-likeness (QED) is 0.570. The van der Waals surface area contributed by atoms with Gasteiger partial charge in [-0.15, -0.1) is 0 Å². The Hall–Kier alpha value is -3.35. The number of carboxylic acid groups (broad SMARTS) is 1. The van der Waals surface area contributed by atoms with E-state index in [2.05, 4.69) is 29.6 Å².